The van der Waals surface area contributed by atoms with Crippen molar-refractivity contribution >= 4 is 23.4 Å². The molecule has 14 heavy (non-hydrogen) atoms. The summed E-state index contributed by atoms with van der Waals surface area (Å²) < 4.78 is 0. The standard InChI is InChI=1S/C10H11NO2S/c11-9-5-7(14-6-1-2-6)3-4-8(9)10(12)13/h3-6H,1-2,11H2,(H,12,13). The molecule has 74 valence electrons. The summed E-state index contributed by atoms with van der Waals surface area (Å²) in [5, 5.41) is 9.48. The van der Waals surface area contributed by atoms with Crippen LogP contribution < -0.4 is 5.73 Å². The first-order chi connectivity index (χ1) is 6.66. The molecule has 1 aromatic carbocycles. The van der Waals surface area contributed by atoms with Crippen LogP contribution in [0.5, 0.6) is 0 Å². The van der Waals surface area contributed by atoms with Crippen molar-refractivity contribution in [3.63, 3.8) is 0 Å². The Morgan fingerprint density at radius 3 is 2.71 bits per heavy atom. The van der Waals surface area contributed by atoms with E-state index < -0.39 is 5.97 Å². The highest BCUT2D eigenvalue weighted by atomic mass is 32.2. The van der Waals surface area contributed by atoms with Crippen LogP contribution in [0.25, 0.3) is 0 Å². The number of carbonyl (C=O) groups is 1. The van der Waals surface area contributed by atoms with Gasteiger partial charge in [-0.3, -0.25) is 0 Å². The highest BCUT2D eigenvalue weighted by Gasteiger charge is 2.22. The zero-order chi connectivity index (χ0) is 10.1. The van der Waals surface area contributed by atoms with Crippen LogP contribution in [0.15, 0.2) is 23.1 Å². The number of benzene rings is 1. The number of anilines is 1. The fourth-order valence-corrected chi connectivity index (χ4v) is 2.29. The van der Waals surface area contributed by atoms with Crippen LogP contribution in [0.4, 0.5) is 5.69 Å². The fraction of sp³-hybridized carbons (Fsp3) is 0.300. The van der Waals surface area contributed by atoms with Gasteiger partial charge in [0.05, 0.1) is 5.56 Å². The molecule has 2 rings (SSSR count). The van der Waals surface area contributed by atoms with Gasteiger partial charge in [0.2, 0.25) is 0 Å². The molecule has 0 aromatic heterocycles. The summed E-state index contributed by atoms with van der Waals surface area (Å²) in [4.78, 5) is 11.7. The van der Waals surface area contributed by atoms with Crippen molar-refractivity contribution in [2.24, 2.45) is 0 Å². The molecular weight excluding hydrogens is 198 g/mol. The molecule has 1 aliphatic carbocycles. The normalized spacial score (nSPS) is 15.4. The number of aromatic carboxylic acids is 1. The van der Waals surface area contributed by atoms with Crippen LogP contribution >= 0.6 is 11.8 Å². The molecule has 0 bridgehead atoms. The maximum absolute atomic E-state index is 10.7. The molecule has 1 aliphatic rings. The second kappa shape index (κ2) is 3.53. The SMILES string of the molecule is Nc1cc(SC2CC2)ccc1C(=O)O. The third-order valence-electron chi connectivity index (χ3n) is 2.08. The Morgan fingerprint density at radius 1 is 1.50 bits per heavy atom. The number of carboxylic acid groups (broad SMARTS) is 1. The molecule has 1 saturated carbocycles. The van der Waals surface area contributed by atoms with E-state index in [4.69, 9.17) is 10.8 Å². The lowest BCUT2D eigenvalue weighted by atomic mass is 10.2. The van der Waals surface area contributed by atoms with Crippen molar-refractivity contribution in [3.05, 3.63) is 23.8 Å². The van der Waals surface area contributed by atoms with Crippen molar-refractivity contribution < 1.29 is 9.90 Å². The maximum atomic E-state index is 10.7. The predicted octanol–water partition coefficient (Wildman–Crippen LogP) is 2.22. The lowest BCUT2D eigenvalue weighted by molar-refractivity contribution is 0.0698. The third-order valence-corrected chi connectivity index (χ3v) is 3.41. The average molecular weight is 209 g/mol. The van der Waals surface area contributed by atoms with Gasteiger partial charge in [-0.2, -0.15) is 0 Å². The highest BCUT2D eigenvalue weighted by Crippen LogP contribution is 2.39. The van der Waals surface area contributed by atoms with Gasteiger partial charge < -0.3 is 10.8 Å². The van der Waals surface area contributed by atoms with E-state index >= 15 is 0 Å². The van der Waals surface area contributed by atoms with E-state index in [1.54, 1.807) is 23.9 Å². The first-order valence-corrected chi connectivity index (χ1v) is 5.34. The van der Waals surface area contributed by atoms with Gasteiger partial charge in [0.25, 0.3) is 0 Å². The van der Waals surface area contributed by atoms with Gasteiger partial charge in [0.15, 0.2) is 0 Å². The summed E-state index contributed by atoms with van der Waals surface area (Å²) in [6, 6.07) is 5.14. The first-order valence-electron chi connectivity index (χ1n) is 4.46. The van der Waals surface area contributed by atoms with Gasteiger partial charge in [-0.1, -0.05) is 0 Å². The minimum atomic E-state index is -0.967. The van der Waals surface area contributed by atoms with Crippen LogP contribution in [0.3, 0.4) is 0 Å². The molecule has 0 heterocycles. The van der Waals surface area contributed by atoms with Gasteiger partial charge in [-0.25, -0.2) is 4.79 Å². The smallest absolute Gasteiger partial charge is 0.337 e. The summed E-state index contributed by atoms with van der Waals surface area (Å²) in [5.74, 6) is -0.967. The Morgan fingerprint density at radius 2 is 2.21 bits per heavy atom. The van der Waals surface area contributed by atoms with E-state index in [2.05, 4.69) is 0 Å². The van der Waals surface area contributed by atoms with Gasteiger partial charge >= 0.3 is 5.97 Å². The summed E-state index contributed by atoms with van der Waals surface area (Å²) in [6.07, 6.45) is 2.51. The lowest BCUT2D eigenvalue weighted by Crippen LogP contribution is -2.01. The topological polar surface area (TPSA) is 63.3 Å². The van der Waals surface area contributed by atoms with E-state index in [-0.39, 0.29) is 5.56 Å². The van der Waals surface area contributed by atoms with E-state index in [1.807, 2.05) is 6.07 Å². The molecule has 4 heteroatoms. The average Bonchev–Trinajstić information content (AvgIpc) is 2.87. The number of nitrogens with two attached hydrogens (primary N) is 1. The molecule has 0 unspecified atom stereocenters. The number of hydrogen-bond acceptors (Lipinski definition) is 3. The number of nitrogen functional groups attached to an aromatic ring is 1. The quantitative estimate of drug-likeness (QED) is 0.749. The number of thioether (sulfide) groups is 1. The van der Waals surface area contributed by atoms with Crippen molar-refractivity contribution in [1.82, 2.24) is 0 Å². The van der Waals surface area contributed by atoms with E-state index in [0.717, 1.165) is 4.90 Å². The first kappa shape index (κ1) is 9.40. The molecule has 0 atom stereocenters. The summed E-state index contributed by atoms with van der Waals surface area (Å²) in [7, 11) is 0. The lowest BCUT2D eigenvalue weighted by Gasteiger charge is -2.03. The predicted molar refractivity (Wildman–Crippen MR) is 56.7 cm³/mol. The van der Waals surface area contributed by atoms with Crippen LogP contribution in [0.1, 0.15) is 23.2 Å². The second-order valence-electron chi connectivity index (χ2n) is 3.37. The van der Waals surface area contributed by atoms with Crippen LogP contribution in [-0.4, -0.2) is 16.3 Å². The minimum Gasteiger partial charge on any atom is -0.478 e. The largest absolute Gasteiger partial charge is 0.478 e. The van der Waals surface area contributed by atoms with Gasteiger partial charge in [0, 0.05) is 15.8 Å². The Hall–Kier alpha value is -1.16. The van der Waals surface area contributed by atoms with E-state index in [0.29, 0.717) is 10.9 Å². The summed E-state index contributed by atoms with van der Waals surface area (Å²) >= 11 is 1.77. The molecule has 1 aromatic rings. The molecule has 0 radical (unpaired) electrons. The van der Waals surface area contributed by atoms with Crippen molar-refractivity contribution in [1.29, 1.82) is 0 Å². The second-order valence-corrected chi connectivity index (χ2v) is 4.75. The fourth-order valence-electron chi connectivity index (χ4n) is 1.19. The van der Waals surface area contributed by atoms with E-state index in [1.165, 1.54) is 12.8 Å². The number of rotatable bonds is 3. The summed E-state index contributed by atoms with van der Waals surface area (Å²) in [5.41, 5.74) is 6.16. The van der Waals surface area contributed by atoms with Crippen molar-refractivity contribution in [2.45, 2.75) is 23.0 Å². The van der Waals surface area contributed by atoms with E-state index in [9.17, 15) is 4.79 Å². The van der Waals surface area contributed by atoms with Crippen molar-refractivity contribution in [3.8, 4) is 0 Å². The third kappa shape index (κ3) is 2.01. The van der Waals surface area contributed by atoms with Gasteiger partial charge in [-0.15, -0.1) is 11.8 Å². The van der Waals surface area contributed by atoms with Crippen molar-refractivity contribution in [2.75, 3.05) is 5.73 Å². The van der Waals surface area contributed by atoms with Crippen LogP contribution in [-0.2, 0) is 0 Å². The molecule has 3 nitrogen and oxygen atoms in total. The highest BCUT2D eigenvalue weighted by molar-refractivity contribution is 8.00. The van der Waals surface area contributed by atoms with Crippen LogP contribution in [0.2, 0.25) is 0 Å². The molecule has 0 saturated heterocycles. The zero-order valence-electron chi connectivity index (χ0n) is 7.56. The molecule has 0 spiro atoms. The Balaban J connectivity index is 2.20. The van der Waals surface area contributed by atoms with Gasteiger partial charge in [0.1, 0.15) is 0 Å². The Kier molecular flexibility index (Phi) is 2.37. The minimum absolute atomic E-state index is 0.185. The zero-order valence-corrected chi connectivity index (χ0v) is 8.38. The number of carboxylic acids is 1. The van der Waals surface area contributed by atoms with Gasteiger partial charge in [-0.05, 0) is 31.0 Å². The molecule has 0 amide bonds. The Labute approximate surface area is 86.3 Å². The Bertz CT molecular complexity index is 374. The number of hydrogen-bond donors (Lipinski definition) is 2. The maximum Gasteiger partial charge on any atom is 0.337 e. The molecular formula is C10H11NO2S. The summed E-state index contributed by atoms with van der Waals surface area (Å²) in [6.45, 7) is 0. The molecule has 1 fully saturated rings. The monoisotopic (exact) mass is 209 g/mol. The van der Waals surface area contributed by atoms with Crippen LogP contribution in [0, 0.1) is 0 Å². The molecule has 0 aliphatic heterocycles. The molecule has 3 N–H and O–H groups in total.